The van der Waals surface area contributed by atoms with E-state index in [2.05, 4.69) is 40.2 Å². The number of pyridine rings is 1. The maximum absolute atomic E-state index is 6.03. The van der Waals surface area contributed by atoms with Crippen LogP contribution < -0.4 is 10.5 Å². The Morgan fingerprint density at radius 3 is 2.77 bits per heavy atom. The van der Waals surface area contributed by atoms with Gasteiger partial charge in [0.05, 0.1) is 7.11 Å². The Kier molecular flexibility index (Phi) is 4.87. The van der Waals surface area contributed by atoms with Crippen molar-refractivity contribution in [2.24, 2.45) is 5.73 Å². The highest BCUT2D eigenvalue weighted by atomic mass is 16.5. The van der Waals surface area contributed by atoms with E-state index in [0.717, 1.165) is 54.7 Å². The summed E-state index contributed by atoms with van der Waals surface area (Å²) in [6.45, 7) is 3.14. The number of ether oxygens (including phenoxy) is 1. The molecule has 0 atom stereocenters. The van der Waals surface area contributed by atoms with Crippen molar-refractivity contribution >= 4 is 10.8 Å². The van der Waals surface area contributed by atoms with E-state index in [1.807, 2.05) is 24.5 Å². The normalized spacial score (nSPS) is 16.1. The number of nitrogens with zero attached hydrogens (tertiary/aromatic N) is 2. The zero-order chi connectivity index (χ0) is 17.9. The lowest BCUT2D eigenvalue weighted by molar-refractivity contribution is 0.206. The van der Waals surface area contributed by atoms with Gasteiger partial charge in [-0.2, -0.15) is 0 Å². The van der Waals surface area contributed by atoms with Gasteiger partial charge >= 0.3 is 0 Å². The van der Waals surface area contributed by atoms with Gasteiger partial charge in [0, 0.05) is 35.9 Å². The standard InChI is InChI=1S/C22H25N3O/c1-26-20-4-2-3-17(12-20)22-14-24-13-18-6-5-16(11-21(18)22)15-25-9-7-19(23)8-10-25/h2-6,11-14,19H,7-10,15,23H2,1H3. The first-order valence-corrected chi connectivity index (χ1v) is 9.22. The topological polar surface area (TPSA) is 51.4 Å². The maximum Gasteiger partial charge on any atom is 0.119 e. The molecule has 0 unspecified atom stereocenters. The highest BCUT2D eigenvalue weighted by molar-refractivity contribution is 5.96. The summed E-state index contributed by atoms with van der Waals surface area (Å²) in [5.41, 5.74) is 9.64. The first-order valence-electron chi connectivity index (χ1n) is 9.22. The van der Waals surface area contributed by atoms with Gasteiger partial charge in [-0.1, -0.05) is 24.3 Å². The van der Waals surface area contributed by atoms with Gasteiger partial charge in [0.25, 0.3) is 0 Å². The fourth-order valence-corrected chi connectivity index (χ4v) is 3.70. The average molecular weight is 347 g/mol. The Bertz CT molecular complexity index is 901. The number of nitrogens with two attached hydrogens (primary N) is 1. The fourth-order valence-electron chi connectivity index (χ4n) is 3.70. The smallest absolute Gasteiger partial charge is 0.119 e. The van der Waals surface area contributed by atoms with Crippen LogP contribution in [-0.4, -0.2) is 36.1 Å². The molecule has 4 rings (SSSR count). The van der Waals surface area contributed by atoms with Crippen LogP contribution in [0.15, 0.2) is 54.9 Å². The maximum atomic E-state index is 6.03. The minimum absolute atomic E-state index is 0.369. The summed E-state index contributed by atoms with van der Waals surface area (Å²) in [6, 6.07) is 15.2. The van der Waals surface area contributed by atoms with E-state index in [9.17, 15) is 0 Å². The van der Waals surface area contributed by atoms with E-state index in [4.69, 9.17) is 10.5 Å². The molecule has 0 saturated carbocycles. The number of hydrogen-bond acceptors (Lipinski definition) is 4. The molecule has 4 nitrogen and oxygen atoms in total. The van der Waals surface area contributed by atoms with Crippen molar-refractivity contribution in [3.63, 3.8) is 0 Å². The first-order chi connectivity index (χ1) is 12.7. The van der Waals surface area contributed by atoms with E-state index in [-0.39, 0.29) is 0 Å². The van der Waals surface area contributed by atoms with E-state index < -0.39 is 0 Å². The summed E-state index contributed by atoms with van der Waals surface area (Å²) in [5, 5.41) is 2.40. The molecule has 1 fully saturated rings. The summed E-state index contributed by atoms with van der Waals surface area (Å²) in [7, 11) is 1.70. The number of fused-ring (bicyclic) bond motifs is 1. The van der Waals surface area contributed by atoms with Gasteiger partial charge in [0.15, 0.2) is 0 Å². The van der Waals surface area contributed by atoms with Crippen molar-refractivity contribution in [1.82, 2.24) is 9.88 Å². The molecule has 134 valence electrons. The van der Waals surface area contributed by atoms with Gasteiger partial charge in [0.2, 0.25) is 0 Å². The van der Waals surface area contributed by atoms with Gasteiger partial charge in [-0.05, 0) is 60.6 Å². The minimum atomic E-state index is 0.369. The van der Waals surface area contributed by atoms with E-state index in [0.29, 0.717) is 6.04 Å². The van der Waals surface area contributed by atoms with Crippen LogP contribution in [0.2, 0.25) is 0 Å². The van der Waals surface area contributed by atoms with Gasteiger partial charge in [0.1, 0.15) is 5.75 Å². The number of benzene rings is 2. The zero-order valence-corrected chi connectivity index (χ0v) is 15.2. The van der Waals surface area contributed by atoms with Crippen LogP contribution in [0, 0.1) is 0 Å². The Morgan fingerprint density at radius 1 is 1.12 bits per heavy atom. The third-order valence-electron chi connectivity index (χ3n) is 5.24. The van der Waals surface area contributed by atoms with Crippen molar-refractivity contribution in [2.45, 2.75) is 25.4 Å². The molecule has 2 aromatic carbocycles. The van der Waals surface area contributed by atoms with Gasteiger partial charge in [-0.3, -0.25) is 9.88 Å². The molecular weight excluding hydrogens is 322 g/mol. The number of hydrogen-bond donors (Lipinski definition) is 1. The molecule has 0 amide bonds. The lowest BCUT2D eigenvalue weighted by Gasteiger charge is -2.30. The predicted molar refractivity (Wildman–Crippen MR) is 106 cm³/mol. The van der Waals surface area contributed by atoms with Crippen LogP contribution in [0.1, 0.15) is 18.4 Å². The number of rotatable bonds is 4. The van der Waals surface area contributed by atoms with Gasteiger partial charge < -0.3 is 10.5 Å². The molecule has 4 heteroatoms. The third kappa shape index (κ3) is 3.57. The number of methoxy groups -OCH3 is 1. The number of likely N-dealkylation sites (tertiary alicyclic amines) is 1. The summed E-state index contributed by atoms with van der Waals surface area (Å²) in [4.78, 5) is 6.93. The monoisotopic (exact) mass is 347 g/mol. The molecule has 2 N–H and O–H groups in total. The third-order valence-corrected chi connectivity index (χ3v) is 5.24. The molecule has 0 spiro atoms. The second kappa shape index (κ2) is 7.44. The predicted octanol–water partition coefficient (Wildman–Crippen LogP) is 3.83. The molecular formula is C22H25N3O. The Labute approximate surface area is 154 Å². The van der Waals surface area contributed by atoms with Crippen LogP contribution in [0.3, 0.4) is 0 Å². The second-order valence-corrected chi connectivity index (χ2v) is 7.09. The lowest BCUT2D eigenvalue weighted by Crippen LogP contribution is -2.39. The van der Waals surface area contributed by atoms with Crippen LogP contribution in [-0.2, 0) is 6.54 Å². The quantitative estimate of drug-likeness (QED) is 0.779. The molecule has 2 heterocycles. The van der Waals surface area contributed by atoms with Crippen molar-refractivity contribution in [1.29, 1.82) is 0 Å². The number of aromatic nitrogens is 1. The molecule has 0 radical (unpaired) electrons. The summed E-state index contributed by atoms with van der Waals surface area (Å²) in [6.07, 6.45) is 6.06. The minimum Gasteiger partial charge on any atom is -0.497 e. The fraction of sp³-hybridized carbons (Fsp3) is 0.318. The van der Waals surface area contributed by atoms with Crippen molar-refractivity contribution < 1.29 is 4.74 Å². The Morgan fingerprint density at radius 2 is 1.96 bits per heavy atom. The molecule has 1 aliphatic rings. The Balaban J connectivity index is 1.68. The SMILES string of the molecule is COc1cccc(-c2cncc3ccc(CN4CCC(N)CC4)cc23)c1. The molecule has 0 bridgehead atoms. The van der Waals surface area contributed by atoms with Crippen molar-refractivity contribution in [3.05, 3.63) is 60.4 Å². The highest BCUT2D eigenvalue weighted by Gasteiger charge is 2.16. The van der Waals surface area contributed by atoms with Crippen LogP contribution in [0.4, 0.5) is 0 Å². The van der Waals surface area contributed by atoms with Crippen LogP contribution in [0.25, 0.3) is 21.9 Å². The van der Waals surface area contributed by atoms with Gasteiger partial charge in [-0.15, -0.1) is 0 Å². The molecule has 1 aliphatic heterocycles. The van der Waals surface area contributed by atoms with Crippen LogP contribution >= 0.6 is 0 Å². The first kappa shape index (κ1) is 17.0. The molecule has 1 saturated heterocycles. The average Bonchev–Trinajstić information content (AvgIpc) is 2.69. The molecule has 26 heavy (non-hydrogen) atoms. The second-order valence-electron chi connectivity index (χ2n) is 7.09. The van der Waals surface area contributed by atoms with Crippen molar-refractivity contribution in [2.75, 3.05) is 20.2 Å². The lowest BCUT2D eigenvalue weighted by atomic mass is 9.98. The van der Waals surface area contributed by atoms with Gasteiger partial charge in [-0.25, -0.2) is 0 Å². The largest absolute Gasteiger partial charge is 0.497 e. The molecule has 1 aromatic heterocycles. The number of piperidine rings is 1. The molecule has 3 aromatic rings. The summed E-state index contributed by atoms with van der Waals surface area (Å²) < 4.78 is 5.38. The van der Waals surface area contributed by atoms with Crippen LogP contribution in [0.5, 0.6) is 5.75 Å². The summed E-state index contributed by atoms with van der Waals surface area (Å²) >= 11 is 0. The summed E-state index contributed by atoms with van der Waals surface area (Å²) in [5.74, 6) is 0.861. The Hall–Kier alpha value is -2.43. The zero-order valence-electron chi connectivity index (χ0n) is 15.2. The van der Waals surface area contributed by atoms with Crippen molar-refractivity contribution in [3.8, 4) is 16.9 Å². The highest BCUT2D eigenvalue weighted by Crippen LogP contribution is 2.31. The van der Waals surface area contributed by atoms with E-state index in [1.54, 1.807) is 7.11 Å². The van der Waals surface area contributed by atoms with E-state index >= 15 is 0 Å². The van der Waals surface area contributed by atoms with E-state index in [1.165, 1.54) is 10.9 Å². The molecule has 0 aliphatic carbocycles.